The maximum Gasteiger partial charge on any atom is 0.232 e. The minimum atomic E-state index is -3.47. The number of para-hydroxylation sites is 1. The zero-order valence-corrected chi connectivity index (χ0v) is 20.2. The number of benzene rings is 2. The number of ether oxygens (including phenoxy) is 1. The molecule has 0 aliphatic carbocycles. The van der Waals surface area contributed by atoms with E-state index < -0.39 is 10.0 Å². The third-order valence-electron chi connectivity index (χ3n) is 5.40. The zero-order valence-electron chi connectivity index (χ0n) is 19.4. The van der Waals surface area contributed by atoms with Gasteiger partial charge in [0.2, 0.25) is 15.9 Å². The van der Waals surface area contributed by atoms with E-state index in [1.54, 1.807) is 24.3 Å². The number of unbranched alkanes of at least 4 members (excludes halogenated alkanes) is 1. The van der Waals surface area contributed by atoms with Gasteiger partial charge in [-0.3, -0.25) is 9.10 Å². The third-order valence-corrected chi connectivity index (χ3v) is 6.59. The van der Waals surface area contributed by atoms with Gasteiger partial charge in [0.25, 0.3) is 0 Å². The van der Waals surface area contributed by atoms with Gasteiger partial charge < -0.3 is 10.1 Å². The Kier molecular flexibility index (Phi) is 10.5. The molecule has 0 saturated heterocycles. The fourth-order valence-corrected chi connectivity index (χ4v) is 4.43. The van der Waals surface area contributed by atoms with Crippen LogP contribution in [0.4, 0.5) is 5.69 Å². The van der Waals surface area contributed by atoms with E-state index >= 15 is 0 Å². The van der Waals surface area contributed by atoms with Crippen LogP contribution in [0.3, 0.4) is 0 Å². The molecule has 0 aliphatic rings. The highest BCUT2D eigenvalue weighted by Crippen LogP contribution is 2.25. The van der Waals surface area contributed by atoms with Gasteiger partial charge in [0.05, 0.1) is 11.9 Å². The SMILES string of the molecule is CCCC[C@H](CC)CNC(=O)CCCN(c1ccc(Oc2ccccc2)cc1)S(C)(=O)=O. The van der Waals surface area contributed by atoms with Crippen LogP contribution in [0.2, 0.25) is 0 Å². The van der Waals surface area contributed by atoms with Gasteiger partial charge in [-0.15, -0.1) is 0 Å². The number of rotatable bonds is 14. The molecule has 0 unspecified atom stereocenters. The van der Waals surface area contributed by atoms with Gasteiger partial charge in [0, 0.05) is 19.5 Å². The monoisotopic (exact) mass is 460 g/mol. The maximum atomic E-state index is 12.3. The zero-order chi connectivity index (χ0) is 23.4. The highest BCUT2D eigenvalue weighted by molar-refractivity contribution is 7.92. The topological polar surface area (TPSA) is 75.7 Å². The van der Waals surface area contributed by atoms with Gasteiger partial charge in [0.15, 0.2) is 0 Å². The molecule has 0 heterocycles. The number of anilines is 1. The highest BCUT2D eigenvalue weighted by atomic mass is 32.2. The first kappa shape index (κ1) is 25.7. The van der Waals surface area contributed by atoms with Crippen molar-refractivity contribution < 1.29 is 17.9 Å². The van der Waals surface area contributed by atoms with Crippen LogP contribution >= 0.6 is 0 Å². The molecule has 6 nitrogen and oxygen atoms in total. The molecule has 0 bridgehead atoms. The van der Waals surface area contributed by atoms with Crippen LogP contribution in [0, 0.1) is 5.92 Å². The minimum absolute atomic E-state index is 0.0278. The molecular formula is C25H36N2O4S. The Morgan fingerprint density at radius 1 is 1.00 bits per heavy atom. The molecule has 2 aromatic carbocycles. The summed E-state index contributed by atoms with van der Waals surface area (Å²) in [6.07, 6.45) is 6.43. The Bertz CT molecular complexity index is 915. The molecule has 0 aliphatic heterocycles. The van der Waals surface area contributed by atoms with Crippen molar-refractivity contribution in [2.45, 2.75) is 52.4 Å². The molecule has 1 amide bonds. The molecule has 0 aromatic heterocycles. The van der Waals surface area contributed by atoms with Crippen molar-refractivity contribution in [3.63, 3.8) is 0 Å². The number of carbonyl (C=O) groups excluding carboxylic acids is 1. The van der Waals surface area contributed by atoms with E-state index in [0.717, 1.165) is 19.3 Å². The summed E-state index contributed by atoms with van der Waals surface area (Å²) >= 11 is 0. The molecule has 1 N–H and O–H groups in total. The van der Waals surface area contributed by atoms with Gasteiger partial charge in [-0.25, -0.2) is 8.42 Å². The summed E-state index contributed by atoms with van der Waals surface area (Å²) in [7, 11) is -3.47. The standard InChI is InChI=1S/C25H36N2O4S/c1-4-6-11-21(5-2)20-26-25(28)14-10-19-27(32(3,29)30)22-15-17-24(18-16-22)31-23-12-8-7-9-13-23/h7-9,12-13,15-18,21H,4-6,10-11,14,19-20H2,1-3H3,(H,26,28)/t21-/m0/s1. The summed E-state index contributed by atoms with van der Waals surface area (Å²) < 4.78 is 31.8. The molecule has 2 rings (SSSR count). The predicted octanol–water partition coefficient (Wildman–Crippen LogP) is 5.36. The predicted molar refractivity (Wildman–Crippen MR) is 131 cm³/mol. The van der Waals surface area contributed by atoms with Crippen molar-refractivity contribution in [1.82, 2.24) is 5.32 Å². The Balaban J connectivity index is 1.89. The first-order valence-corrected chi connectivity index (χ1v) is 13.3. The number of amides is 1. The summed E-state index contributed by atoms with van der Waals surface area (Å²) in [5.74, 6) is 1.82. The lowest BCUT2D eigenvalue weighted by Gasteiger charge is -2.22. The summed E-state index contributed by atoms with van der Waals surface area (Å²) in [5.41, 5.74) is 0.555. The molecule has 0 saturated carbocycles. The fraction of sp³-hybridized carbons (Fsp3) is 0.480. The summed E-state index contributed by atoms with van der Waals surface area (Å²) in [5, 5.41) is 3.00. The van der Waals surface area contributed by atoms with E-state index in [4.69, 9.17) is 4.74 Å². The van der Waals surface area contributed by atoms with Crippen LogP contribution in [0.1, 0.15) is 52.4 Å². The van der Waals surface area contributed by atoms with Crippen LogP contribution in [0.5, 0.6) is 11.5 Å². The second-order valence-corrected chi connectivity index (χ2v) is 9.98. The van der Waals surface area contributed by atoms with Gasteiger partial charge in [0.1, 0.15) is 11.5 Å². The minimum Gasteiger partial charge on any atom is -0.457 e. The first-order valence-electron chi connectivity index (χ1n) is 11.4. The van der Waals surface area contributed by atoms with Crippen LogP contribution in [-0.2, 0) is 14.8 Å². The first-order chi connectivity index (χ1) is 15.3. The van der Waals surface area contributed by atoms with Crippen molar-refractivity contribution >= 4 is 21.6 Å². The van der Waals surface area contributed by atoms with Crippen molar-refractivity contribution in [1.29, 1.82) is 0 Å². The molecule has 1 atom stereocenters. The number of nitrogens with zero attached hydrogens (tertiary/aromatic N) is 1. The summed E-state index contributed by atoms with van der Waals surface area (Å²) in [6, 6.07) is 16.3. The number of hydrogen-bond acceptors (Lipinski definition) is 4. The normalized spacial score (nSPS) is 12.2. The van der Waals surface area contributed by atoms with Crippen molar-refractivity contribution in [3.8, 4) is 11.5 Å². The average molecular weight is 461 g/mol. The van der Waals surface area contributed by atoms with Crippen molar-refractivity contribution in [2.75, 3.05) is 23.7 Å². The molecular weight excluding hydrogens is 424 g/mol. The molecule has 7 heteroatoms. The molecule has 0 radical (unpaired) electrons. The van der Waals surface area contributed by atoms with Crippen molar-refractivity contribution in [3.05, 3.63) is 54.6 Å². The fourth-order valence-electron chi connectivity index (χ4n) is 3.46. The Labute approximate surface area is 193 Å². The summed E-state index contributed by atoms with van der Waals surface area (Å²) in [4.78, 5) is 12.2. The maximum absolute atomic E-state index is 12.3. The van der Waals surface area contributed by atoms with Gasteiger partial charge in [-0.2, -0.15) is 0 Å². The number of hydrogen-bond donors (Lipinski definition) is 1. The lowest BCUT2D eigenvalue weighted by atomic mass is 9.99. The molecule has 2 aromatic rings. The Morgan fingerprint density at radius 2 is 1.66 bits per heavy atom. The van der Waals surface area contributed by atoms with Crippen LogP contribution in [0.25, 0.3) is 0 Å². The average Bonchev–Trinajstić information content (AvgIpc) is 2.77. The van der Waals surface area contributed by atoms with E-state index in [2.05, 4.69) is 19.2 Å². The lowest BCUT2D eigenvalue weighted by molar-refractivity contribution is -0.121. The van der Waals surface area contributed by atoms with Crippen LogP contribution in [0.15, 0.2) is 54.6 Å². The second kappa shape index (κ2) is 13.1. The van der Waals surface area contributed by atoms with E-state index in [-0.39, 0.29) is 12.5 Å². The molecule has 32 heavy (non-hydrogen) atoms. The highest BCUT2D eigenvalue weighted by Gasteiger charge is 2.18. The largest absolute Gasteiger partial charge is 0.457 e. The number of carbonyl (C=O) groups is 1. The number of sulfonamides is 1. The van der Waals surface area contributed by atoms with Crippen LogP contribution < -0.4 is 14.4 Å². The van der Waals surface area contributed by atoms with E-state index in [1.165, 1.54) is 17.0 Å². The van der Waals surface area contributed by atoms with E-state index in [9.17, 15) is 13.2 Å². The Morgan fingerprint density at radius 3 is 2.25 bits per heavy atom. The lowest BCUT2D eigenvalue weighted by Crippen LogP contribution is -2.33. The smallest absolute Gasteiger partial charge is 0.232 e. The molecule has 176 valence electrons. The van der Waals surface area contributed by atoms with Gasteiger partial charge >= 0.3 is 0 Å². The van der Waals surface area contributed by atoms with E-state index in [0.29, 0.717) is 42.5 Å². The van der Waals surface area contributed by atoms with Crippen LogP contribution in [-0.4, -0.2) is 33.7 Å². The number of nitrogens with one attached hydrogen (secondary N) is 1. The molecule has 0 spiro atoms. The Hall–Kier alpha value is -2.54. The van der Waals surface area contributed by atoms with Crippen molar-refractivity contribution in [2.24, 2.45) is 5.92 Å². The van der Waals surface area contributed by atoms with E-state index in [1.807, 2.05) is 30.3 Å². The third kappa shape index (κ3) is 8.91. The summed E-state index contributed by atoms with van der Waals surface area (Å²) in [6.45, 7) is 5.25. The molecule has 0 fully saturated rings. The second-order valence-electron chi connectivity index (χ2n) is 8.07. The van der Waals surface area contributed by atoms with Gasteiger partial charge in [-0.05, 0) is 55.2 Å². The van der Waals surface area contributed by atoms with Gasteiger partial charge in [-0.1, -0.05) is 51.3 Å². The quantitative estimate of drug-likeness (QED) is 0.412.